The summed E-state index contributed by atoms with van der Waals surface area (Å²) in [5, 5.41) is 3.43. The van der Waals surface area contributed by atoms with Gasteiger partial charge in [-0.1, -0.05) is 0 Å². The molecule has 0 aliphatic carbocycles. The van der Waals surface area contributed by atoms with Gasteiger partial charge in [-0.25, -0.2) is 4.98 Å². The van der Waals surface area contributed by atoms with Crippen molar-refractivity contribution in [2.75, 3.05) is 20.1 Å². The highest BCUT2D eigenvalue weighted by Crippen LogP contribution is 2.22. The van der Waals surface area contributed by atoms with Crippen molar-refractivity contribution in [3.05, 3.63) is 18.2 Å². The maximum atomic E-state index is 4.16. The number of hydrogen-bond donors (Lipinski definition) is 1. The normalized spacial score (nSPS) is 21.2. The van der Waals surface area contributed by atoms with E-state index >= 15 is 0 Å². The lowest BCUT2D eigenvalue weighted by molar-refractivity contribution is 0.144. The van der Waals surface area contributed by atoms with E-state index in [2.05, 4.69) is 40.8 Å². The molecule has 1 saturated heterocycles. The topological polar surface area (TPSA) is 33.1 Å². The van der Waals surface area contributed by atoms with Gasteiger partial charge in [0.1, 0.15) is 0 Å². The lowest BCUT2D eigenvalue weighted by atomic mass is 9.90. The van der Waals surface area contributed by atoms with Crippen LogP contribution in [0.2, 0.25) is 0 Å². The van der Waals surface area contributed by atoms with Crippen LogP contribution in [0.5, 0.6) is 0 Å². The molecule has 0 spiro atoms. The molecular formula is C12H22N4. The molecule has 1 aromatic rings. The summed E-state index contributed by atoms with van der Waals surface area (Å²) in [4.78, 5) is 6.67. The Labute approximate surface area is 97.7 Å². The van der Waals surface area contributed by atoms with Crippen LogP contribution in [0.15, 0.2) is 12.5 Å². The van der Waals surface area contributed by atoms with Gasteiger partial charge in [0.05, 0.1) is 12.0 Å². The van der Waals surface area contributed by atoms with Gasteiger partial charge in [0.15, 0.2) is 0 Å². The third-order valence-electron chi connectivity index (χ3n) is 3.87. The first-order chi connectivity index (χ1) is 7.63. The molecule has 0 radical (unpaired) electrons. The molecule has 1 aliphatic rings. The molecule has 90 valence electrons. The van der Waals surface area contributed by atoms with Crippen molar-refractivity contribution in [1.82, 2.24) is 19.8 Å². The van der Waals surface area contributed by atoms with E-state index in [1.165, 1.54) is 31.6 Å². The van der Waals surface area contributed by atoms with Crippen LogP contribution in [0.25, 0.3) is 0 Å². The molecule has 2 rings (SSSR count). The SMILES string of the molecule is CNC1(C)CCN(Cc2cncn2C)CC1. The molecule has 0 amide bonds. The van der Waals surface area contributed by atoms with E-state index in [4.69, 9.17) is 0 Å². The van der Waals surface area contributed by atoms with E-state index in [1.807, 2.05) is 12.5 Å². The van der Waals surface area contributed by atoms with E-state index in [-0.39, 0.29) is 0 Å². The van der Waals surface area contributed by atoms with Crippen LogP contribution in [-0.4, -0.2) is 40.1 Å². The van der Waals surface area contributed by atoms with Crippen LogP contribution < -0.4 is 5.32 Å². The molecule has 0 bridgehead atoms. The first kappa shape index (κ1) is 11.6. The van der Waals surface area contributed by atoms with Crippen molar-refractivity contribution in [3.63, 3.8) is 0 Å². The van der Waals surface area contributed by atoms with Gasteiger partial charge in [0, 0.05) is 38.4 Å². The molecule has 1 aliphatic heterocycles. The van der Waals surface area contributed by atoms with Crippen LogP contribution in [0.1, 0.15) is 25.5 Å². The van der Waals surface area contributed by atoms with Crippen molar-refractivity contribution in [1.29, 1.82) is 0 Å². The Bertz CT molecular complexity index is 337. The number of likely N-dealkylation sites (tertiary alicyclic amines) is 1. The van der Waals surface area contributed by atoms with Crippen molar-refractivity contribution in [2.45, 2.75) is 31.8 Å². The van der Waals surface area contributed by atoms with E-state index in [0.717, 1.165) is 6.54 Å². The molecule has 1 aromatic heterocycles. The van der Waals surface area contributed by atoms with Gasteiger partial charge in [-0.2, -0.15) is 0 Å². The van der Waals surface area contributed by atoms with Crippen LogP contribution >= 0.6 is 0 Å². The summed E-state index contributed by atoms with van der Waals surface area (Å²) >= 11 is 0. The third kappa shape index (κ3) is 2.44. The molecule has 4 heteroatoms. The highest BCUT2D eigenvalue weighted by molar-refractivity contribution is 4.98. The van der Waals surface area contributed by atoms with Crippen LogP contribution in [0.3, 0.4) is 0 Å². The number of nitrogens with one attached hydrogen (secondary N) is 1. The average Bonchev–Trinajstić information content (AvgIpc) is 2.68. The van der Waals surface area contributed by atoms with E-state index in [9.17, 15) is 0 Å². The number of aromatic nitrogens is 2. The zero-order valence-corrected chi connectivity index (χ0v) is 10.5. The fraction of sp³-hybridized carbons (Fsp3) is 0.750. The van der Waals surface area contributed by atoms with Crippen LogP contribution in [0, 0.1) is 0 Å². The Balaban J connectivity index is 1.88. The predicted molar refractivity (Wildman–Crippen MR) is 65.2 cm³/mol. The maximum absolute atomic E-state index is 4.16. The molecule has 0 atom stereocenters. The second-order valence-corrected chi connectivity index (χ2v) is 5.08. The molecule has 16 heavy (non-hydrogen) atoms. The summed E-state index contributed by atoms with van der Waals surface area (Å²) in [6.07, 6.45) is 6.28. The number of hydrogen-bond acceptors (Lipinski definition) is 3. The first-order valence-corrected chi connectivity index (χ1v) is 5.99. The van der Waals surface area contributed by atoms with Crippen molar-refractivity contribution in [2.24, 2.45) is 7.05 Å². The Morgan fingerprint density at radius 1 is 1.44 bits per heavy atom. The number of aryl methyl sites for hydroxylation is 1. The zero-order chi connectivity index (χ0) is 11.6. The number of imidazole rings is 1. The van der Waals surface area contributed by atoms with Gasteiger partial charge < -0.3 is 9.88 Å². The molecule has 0 unspecified atom stereocenters. The van der Waals surface area contributed by atoms with Gasteiger partial charge in [-0.3, -0.25) is 4.90 Å². The third-order valence-corrected chi connectivity index (χ3v) is 3.87. The quantitative estimate of drug-likeness (QED) is 0.828. The van der Waals surface area contributed by atoms with E-state index < -0.39 is 0 Å². The highest BCUT2D eigenvalue weighted by Gasteiger charge is 2.28. The van der Waals surface area contributed by atoms with Crippen LogP contribution in [-0.2, 0) is 13.6 Å². The Hall–Kier alpha value is -0.870. The fourth-order valence-corrected chi connectivity index (χ4v) is 2.22. The summed E-state index contributed by atoms with van der Waals surface area (Å²) in [5.41, 5.74) is 1.64. The second-order valence-electron chi connectivity index (χ2n) is 5.08. The molecule has 1 N–H and O–H groups in total. The molecular weight excluding hydrogens is 200 g/mol. The molecule has 4 nitrogen and oxygen atoms in total. The molecule has 1 fully saturated rings. The summed E-state index contributed by atoms with van der Waals surface area (Å²) < 4.78 is 2.10. The lowest BCUT2D eigenvalue weighted by Gasteiger charge is -2.39. The summed E-state index contributed by atoms with van der Waals surface area (Å²) in [6, 6.07) is 0. The lowest BCUT2D eigenvalue weighted by Crippen LogP contribution is -2.49. The van der Waals surface area contributed by atoms with E-state index in [1.54, 1.807) is 0 Å². The second kappa shape index (κ2) is 4.55. The Kier molecular flexibility index (Phi) is 3.30. The van der Waals surface area contributed by atoms with Crippen molar-refractivity contribution >= 4 is 0 Å². The largest absolute Gasteiger partial charge is 0.337 e. The van der Waals surface area contributed by atoms with Crippen molar-refractivity contribution in [3.8, 4) is 0 Å². The standard InChI is InChI=1S/C12H22N4/c1-12(13-2)4-6-16(7-5-12)9-11-8-14-10-15(11)3/h8,10,13H,4-7,9H2,1-3H3. The predicted octanol–water partition coefficient (Wildman–Crippen LogP) is 0.994. The zero-order valence-electron chi connectivity index (χ0n) is 10.5. The summed E-state index contributed by atoms with van der Waals surface area (Å²) in [6.45, 7) is 5.68. The number of nitrogens with zero attached hydrogens (tertiary/aromatic N) is 3. The Morgan fingerprint density at radius 2 is 2.12 bits per heavy atom. The maximum Gasteiger partial charge on any atom is 0.0945 e. The molecule has 2 heterocycles. The average molecular weight is 222 g/mol. The van der Waals surface area contributed by atoms with Gasteiger partial charge >= 0.3 is 0 Å². The Morgan fingerprint density at radius 3 is 2.62 bits per heavy atom. The molecule has 0 aromatic carbocycles. The van der Waals surface area contributed by atoms with Crippen molar-refractivity contribution < 1.29 is 0 Å². The van der Waals surface area contributed by atoms with Crippen LogP contribution in [0.4, 0.5) is 0 Å². The smallest absolute Gasteiger partial charge is 0.0945 e. The number of piperidine rings is 1. The van der Waals surface area contributed by atoms with Gasteiger partial charge in [-0.15, -0.1) is 0 Å². The summed E-state index contributed by atoms with van der Waals surface area (Å²) in [7, 11) is 4.13. The van der Waals surface area contributed by atoms with Gasteiger partial charge in [-0.05, 0) is 26.8 Å². The monoisotopic (exact) mass is 222 g/mol. The fourth-order valence-electron chi connectivity index (χ4n) is 2.22. The van der Waals surface area contributed by atoms with Gasteiger partial charge in [0.25, 0.3) is 0 Å². The van der Waals surface area contributed by atoms with E-state index in [0.29, 0.717) is 5.54 Å². The minimum atomic E-state index is 0.336. The van der Waals surface area contributed by atoms with Gasteiger partial charge in [0.2, 0.25) is 0 Å². The summed E-state index contributed by atoms with van der Waals surface area (Å²) in [5.74, 6) is 0. The minimum absolute atomic E-state index is 0.336. The highest BCUT2D eigenvalue weighted by atomic mass is 15.2. The minimum Gasteiger partial charge on any atom is -0.337 e. The molecule has 0 saturated carbocycles. The number of rotatable bonds is 3. The first-order valence-electron chi connectivity index (χ1n) is 5.99.